The van der Waals surface area contributed by atoms with Gasteiger partial charge < -0.3 is 5.32 Å². The van der Waals surface area contributed by atoms with Gasteiger partial charge in [0, 0.05) is 24.2 Å². The number of aromatic amines is 1. The first-order valence-corrected chi connectivity index (χ1v) is 9.53. The van der Waals surface area contributed by atoms with Crippen LogP contribution in [0.15, 0.2) is 34.4 Å². The minimum Gasteiger partial charge on any atom is -0.310 e. The molecular weight excluding hydrogens is 350 g/mol. The Bertz CT molecular complexity index is 943. The Morgan fingerprint density at radius 2 is 2.15 bits per heavy atom. The van der Waals surface area contributed by atoms with Gasteiger partial charge in [-0.1, -0.05) is 26.3 Å². The van der Waals surface area contributed by atoms with E-state index in [1.807, 2.05) is 31.4 Å². The van der Waals surface area contributed by atoms with Gasteiger partial charge in [0.1, 0.15) is 11.5 Å². The van der Waals surface area contributed by atoms with Crippen LogP contribution >= 0.6 is 11.3 Å². The lowest BCUT2D eigenvalue weighted by Gasteiger charge is -2.08. The van der Waals surface area contributed by atoms with Crippen LogP contribution in [0, 0.1) is 0 Å². The monoisotopic (exact) mass is 371 g/mol. The standard InChI is InChI=1S/C18H21N5O2S/c1-3-6-12-10-17(25)21-18(19-12)23-15(20-16(24)7-4-2)11-13(22-23)14-8-5-9-26-14/h5,8-11H,3-4,6-7H2,1-2H3,(H,20,24)(H,19,21,25). The Labute approximate surface area is 155 Å². The molecule has 1 amide bonds. The van der Waals surface area contributed by atoms with Gasteiger partial charge in [0.15, 0.2) is 0 Å². The maximum atomic E-state index is 12.1. The number of H-pyrrole nitrogens is 1. The van der Waals surface area contributed by atoms with Crippen LogP contribution in [0.3, 0.4) is 0 Å². The highest BCUT2D eigenvalue weighted by Gasteiger charge is 2.16. The Hall–Kier alpha value is -2.74. The molecule has 0 saturated carbocycles. The first kappa shape index (κ1) is 18.1. The number of hydrogen-bond acceptors (Lipinski definition) is 5. The average molecular weight is 371 g/mol. The molecule has 0 aliphatic rings. The fourth-order valence-corrected chi connectivity index (χ4v) is 3.27. The third kappa shape index (κ3) is 4.08. The number of amides is 1. The van der Waals surface area contributed by atoms with Gasteiger partial charge in [-0.15, -0.1) is 11.3 Å². The summed E-state index contributed by atoms with van der Waals surface area (Å²) < 4.78 is 1.49. The quantitative estimate of drug-likeness (QED) is 0.666. The summed E-state index contributed by atoms with van der Waals surface area (Å²) in [5.41, 5.74) is 1.18. The van der Waals surface area contributed by atoms with Crippen molar-refractivity contribution in [2.24, 2.45) is 0 Å². The molecule has 0 aliphatic carbocycles. The minimum absolute atomic E-state index is 0.0987. The number of aryl methyl sites for hydroxylation is 1. The molecule has 0 aromatic carbocycles. The number of thiophene rings is 1. The first-order chi connectivity index (χ1) is 12.6. The van der Waals surface area contributed by atoms with Crippen molar-refractivity contribution in [2.45, 2.75) is 39.5 Å². The van der Waals surface area contributed by atoms with Gasteiger partial charge in [-0.3, -0.25) is 14.6 Å². The molecular formula is C18H21N5O2S. The fourth-order valence-electron chi connectivity index (χ4n) is 2.59. The van der Waals surface area contributed by atoms with E-state index in [1.165, 1.54) is 10.7 Å². The van der Waals surface area contributed by atoms with Crippen LogP contribution in [0.4, 0.5) is 5.82 Å². The Balaban J connectivity index is 2.06. The summed E-state index contributed by atoms with van der Waals surface area (Å²) in [4.78, 5) is 32.3. The van der Waals surface area contributed by atoms with E-state index in [9.17, 15) is 9.59 Å². The van der Waals surface area contributed by atoms with E-state index in [-0.39, 0.29) is 11.5 Å². The maximum Gasteiger partial charge on any atom is 0.252 e. The third-order valence-corrected chi connectivity index (χ3v) is 4.61. The molecule has 0 saturated heterocycles. The first-order valence-electron chi connectivity index (χ1n) is 8.65. The summed E-state index contributed by atoms with van der Waals surface area (Å²) in [6.45, 7) is 3.98. The Kier molecular flexibility index (Phi) is 5.62. The third-order valence-electron chi connectivity index (χ3n) is 3.72. The smallest absolute Gasteiger partial charge is 0.252 e. The predicted octanol–water partition coefficient (Wildman–Crippen LogP) is 3.38. The zero-order valence-electron chi connectivity index (χ0n) is 14.8. The number of hydrogen-bond donors (Lipinski definition) is 2. The van der Waals surface area contributed by atoms with Crippen molar-refractivity contribution in [2.75, 3.05) is 5.32 Å². The molecule has 0 bridgehead atoms. The summed E-state index contributed by atoms with van der Waals surface area (Å²) in [7, 11) is 0. The highest BCUT2D eigenvalue weighted by Crippen LogP contribution is 2.27. The van der Waals surface area contributed by atoms with Crippen LogP contribution in [-0.4, -0.2) is 25.7 Å². The van der Waals surface area contributed by atoms with Crippen molar-refractivity contribution in [3.05, 3.63) is 45.7 Å². The minimum atomic E-state index is -0.238. The summed E-state index contributed by atoms with van der Waals surface area (Å²) in [6, 6.07) is 7.19. The van der Waals surface area contributed by atoms with Gasteiger partial charge in [-0.25, -0.2) is 4.98 Å². The Morgan fingerprint density at radius 3 is 2.85 bits per heavy atom. The number of anilines is 1. The molecule has 0 unspecified atom stereocenters. The number of nitrogens with one attached hydrogen (secondary N) is 2. The summed E-state index contributed by atoms with van der Waals surface area (Å²) >= 11 is 1.56. The maximum absolute atomic E-state index is 12.1. The zero-order chi connectivity index (χ0) is 18.5. The van der Waals surface area contributed by atoms with E-state index in [0.717, 1.165) is 23.4 Å². The molecule has 8 heteroatoms. The van der Waals surface area contributed by atoms with Crippen LogP contribution in [0.5, 0.6) is 0 Å². The second kappa shape index (κ2) is 8.09. The lowest BCUT2D eigenvalue weighted by molar-refractivity contribution is -0.116. The molecule has 0 radical (unpaired) electrons. The number of carbonyl (C=O) groups is 1. The molecule has 0 fully saturated rings. The second-order valence-corrected chi connectivity index (χ2v) is 6.86. The van der Waals surface area contributed by atoms with Crippen molar-refractivity contribution in [1.82, 2.24) is 19.7 Å². The van der Waals surface area contributed by atoms with Crippen LogP contribution in [0.2, 0.25) is 0 Å². The molecule has 136 valence electrons. The summed E-state index contributed by atoms with van der Waals surface area (Å²) in [5, 5.41) is 9.39. The van der Waals surface area contributed by atoms with Gasteiger partial charge >= 0.3 is 0 Å². The number of rotatable bonds is 7. The Morgan fingerprint density at radius 1 is 1.31 bits per heavy atom. The van der Waals surface area contributed by atoms with Gasteiger partial charge in [-0.2, -0.15) is 9.78 Å². The van der Waals surface area contributed by atoms with E-state index in [0.29, 0.717) is 30.3 Å². The normalized spacial score (nSPS) is 10.8. The van der Waals surface area contributed by atoms with Crippen molar-refractivity contribution < 1.29 is 4.79 Å². The highest BCUT2D eigenvalue weighted by atomic mass is 32.1. The lowest BCUT2D eigenvalue weighted by atomic mass is 10.2. The summed E-state index contributed by atoms with van der Waals surface area (Å²) in [5.74, 6) is 0.692. The SMILES string of the molecule is CCCC(=O)Nc1cc(-c2cccs2)nn1-c1nc(CCC)cc(=O)[nH]1. The number of aromatic nitrogens is 4. The van der Waals surface area contributed by atoms with E-state index < -0.39 is 0 Å². The predicted molar refractivity (Wildman–Crippen MR) is 103 cm³/mol. The van der Waals surface area contributed by atoms with Crippen LogP contribution in [0.1, 0.15) is 38.8 Å². The van der Waals surface area contributed by atoms with Crippen LogP contribution in [-0.2, 0) is 11.2 Å². The molecule has 7 nitrogen and oxygen atoms in total. The van der Waals surface area contributed by atoms with Crippen molar-refractivity contribution in [1.29, 1.82) is 0 Å². The topological polar surface area (TPSA) is 92.7 Å². The van der Waals surface area contributed by atoms with E-state index in [1.54, 1.807) is 17.4 Å². The number of carbonyl (C=O) groups excluding carboxylic acids is 1. The fraction of sp³-hybridized carbons (Fsp3) is 0.333. The van der Waals surface area contributed by atoms with Crippen molar-refractivity contribution >= 4 is 23.1 Å². The molecule has 2 N–H and O–H groups in total. The largest absolute Gasteiger partial charge is 0.310 e. The molecule has 26 heavy (non-hydrogen) atoms. The van der Waals surface area contributed by atoms with Gasteiger partial charge in [0.2, 0.25) is 11.9 Å². The van der Waals surface area contributed by atoms with Crippen molar-refractivity contribution in [3.63, 3.8) is 0 Å². The molecule has 3 aromatic rings. The average Bonchev–Trinajstić information content (AvgIpc) is 3.24. The molecule has 0 aliphatic heterocycles. The molecule has 0 spiro atoms. The van der Waals surface area contributed by atoms with E-state index >= 15 is 0 Å². The molecule has 3 heterocycles. The summed E-state index contributed by atoms with van der Waals surface area (Å²) in [6.07, 6.45) is 2.75. The lowest BCUT2D eigenvalue weighted by Crippen LogP contribution is -2.19. The van der Waals surface area contributed by atoms with Crippen LogP contribution < -0.4 is 10.9 Å². The van der Waals surface area contributed by atoms with Gasteiger partial charge in [0.05, 0.1) is 4.88 Å². The van der Waals surface area contributed by atoms with E-state index in [4.69, 9.17) is 0 Å². The zero-order valence-corrected chi connectivity index (χ0v) is 15.6. The van der Waals surface area contributed by atoms with Gasteiger partial charge in [0.25, 0.3) is 5.56 Å². The van der Waals surface area contributed by atoms with Crippen LogP contribution in [0.25, 0.3) is 16.5 Å². The number of nitrogens with zero attached hydrogens (tertiary/aromatic N) is 3. The molecule has 3 aromatic heterocycles. The second-order valence-electron chi connectivity index (χ2n) is 5.91. The molecule has 0 atom stereocenters. The molecule has 3 rings (SSSR count). The van der Waals surface area contributed by atoms with E-state index in [2.05, 4.69) is 20.4 Å². The van der Waals surface area contributed by atoms with Gasteiger partial charge in [-0.05, 0) is 24.3 Å². The van der Waals surface area contributed by atoms with Crippen molar-refractivity contribution in [3.8, 4) is 16.5 Å². The highest BCUT2D eigenvalue weighted by molar-refractivity contribution is 7.13.